The standard InChI is InChI=1S/C33H24BrCl2N3O5S/c1-44-28-14-13-22(17-26(28)36)39-30(40)18-29(33(39)43)45-23-6-4-5-21(16-23)37-32(42)27(15-19-9-11-20(34)12-10-19)38-31(41)24-7-2-3-8-25(24)35/h2-17,29H,18H2,1H3,(H,37,42)(H,38,41). The van der Waals surface area contributed by atoms with Crippen LogP contribution in [0.25, 0.3) is 6.08 Å². The monoisotopic (exact) mass is 723 g/mol. The fourth-order valence-electron chi connectivity index (χ4n) is 4.49. The van der Waals surface area contributed by atoms with Crippen molar-refractivity contribution in [1.82, 2.24) is 5.32 Å². The Labute approximate surface area is 281 Å². The van der Waals surface area contributed by atoms with Gasteiger partial charge in [-0.2, -0.15) is 0 Å². The van der Waals surface area contributed by atoms with Crippen LogP contribution in [0.3, 0.4) is 0 Å². The lowest BCUT2D eigenvalue weighted by molar-refractivity contribution is -0.121. The number of nitrogens with zero attached hydrogens (tertiary/aromatic N) is 1. The number of anilines is 2. The van der Waals surface area contributed by atoms with E-state index in [1.54, 1.807) is 78.9 Å². The van der Waals surface area contributed by atoms with Crippen LogP contribution in [0.2, 0.25) is 10.0 Å². The fourth-order valence-corrected chi connectivity index (χ4v) is 6.34. The second-order valence-electron chi connectivity index (χ2n) is 9.72. The van der Waals surface area contributed by atoms with Gasteiger partial charge in [-0.25, -0.2) is 4.90 Å². The first-order valence-corrected chi connectivity index (χ1v) is 15.9. The van der Waals surface area contributed by atoms with Crippen molar-refractivity contribution in [2.75, 3.05) is 17.3 Å². The summed E-state index contributed by atoms with van der Waals surface area (Å²) >= 11 is 17.0. The summed E-state index contributed by atoms with van der Waals surface area (Å²) in [6.07, 6.45) is 1.55. The van der Waals surface area contributed by atoms with Crippen molar-refractivity contribution in [3.05, 3.63) is 122 Å². The van der Waals surface area contributed by atoms with Gasteiger partial charge in [0.05, 0.1) is 33.7 Å². The maximum Gasteiger partial charge on any atom is 0.272 e. The van der Waals surface area contributed by atoms with Gasteiger partial charge in [0, 0.05) is 21.5 Å². The number of rotatable bonds is 9. The van der Waals surface area contributed by atoms with E-state index in [9.17, 15) is 19.2 Å². The number of carbonyl (C=O) groups excluding carboxylic acids is 4. The number of benzene rings is 4. The molecule has 1 aliphatic heterocycles. The van der Waals surface area contributed by atoms with E-state index in [2.05, 4.69) is 26.6 Å². The van der Waals surface area contributed by atoms with Crippen molar-refractivity contribution < 1.29 is 23.9 Å². The summed E-state index contributed by atoms with van der Waals surface area (Å²) in [7, 11) is 1.48. The number of halogens is 3. The van der Waals surface area contributed by atoms with Crippen LogP contribution in [0.15, 0.2) is 106 Å². The zero-order chi connectivity index (χ0) is 32.1. The third-order valence-electron chi connectivity index (χ3n) is 6.66. The van der Waals surface area contributed by atoms with Crippen LogP contribution in [0.4, 0.5) is 11.4 Å². The molecule has 0 aromatic heterocycles. The summed E-state index contributed by atoms with van der Waals surface area (Å²) in [6.45, 7) is 0. The SMILES string of the molecule is COc1ccc(N2C(=O)CC(Sc3cccc(NC(=O)C(=Cc4ccc(Br)cc4)NC(=O)c4ccccc4Cl)c3)C2=O)cc1Cl. The van der Waals surface area contributed by atoms with E-state index < -0.39 is 17.1 Å². The topological polar surface area (TPSA) is 105 Å². The van der Waals surface area contributed by atoms with E-state index in [4.69, 9.17) is 27.9 Å². The van der Waals surface area contributed by atoms with E-state index >= 15 is 0 Å². The van der Waals surface area contributed by atoms with Crippen LogP contribution in [-0.2, 0) is 14.4 Å². The highest BCUT2D eigenvalue weighted by Crippen LogP contribution is 2.37. The molecule has 1 fully saturated rings. The maximum absolute atomic E-state index is 13.5. The molecule has 4 aromatic carbocycles. The van der Waals surface area contributed by atoms with Gasteiger partial charge in [-0.15, -0.1) is 11.8 Å². The van der Waals surface area contributed by atoms with Gasteiger partial charge in [0.2, 0.25) is 11.8 Å². The second kappa shape index (κ2) is 14.3. The minimum atomic E-state index is -0.674. The summed E-state index contributed by atoms with van der Waals surface area (Å²) in [4.78, 5) is 54.4. The third kappa shape index (κ3) is 7.77. The number of ether oxygens (including phenoxy) is 1. The minimum Gasteiger partial charge on any atom is -0.495 e. The van der Waals surface area contributed by atoms with Crippen LogP contribution >= 0.6 is 50.9 Å². The molecule has 45 heavy (non-hydrogen) atoms. The van der Waals surface area contributed by atoms with Crippen molar-refractivity contribution in [1.29, 1.82) is 0 Å². The molecule has 0 saturated carbocycles. The minimum absolute atomic E-state index is 0.00210. The largest absolute Gasteiger partial charge is 0.495 e. The highest BCUT2D eigenvalue weighted by Gasteiger charge is 2.40. The van der Waals surface area contributed by atoms with Gasteiger partial charge in [0.1, 0.15) is 11.4 Å². The molecular formula is C33H24BrCl2N3O5S. The smallest absolute Gasteiger partial charge is 0.272 e. The van der Waals surface area contributed by atoms with Gasteiger partial charge >= 0.3 is 0 Å². The number of hydrogen-bond acceptors (Lipinski definition) is 6. The Morgan fingerprint density at radius 2 is 1.71 bits per heavy atom. The number of imide groups is 1. The normalized spacial score (nSPS) is 14.8. The van der Waals surface area contributed by atoms with Gasteiger partial charge in [-0.1, -0.05) is 69.5 Å². The predicted molar refractivity (Wildman–Crippen MR) is 181 cm³/mol. The number of nitrogens with one attached hydrogen (secondary N) is 2. The molecule has 1 heterocycles. The first kappa shape index (κ1) is 32.3. The molecule has 1 aliphatic rings. The molecule has 1 atom stereocenters. The quantitative estimate of drug-likeness (QED) is 0.136. The van der Waals surface area contributed by atoms with Crippen LogP contribution in [0.5, 0.6) is 5.75 Å². The van der Waals surface area contributed by atoms with Crippen LogP contribution in [0.1, 0.15) is 22.3 Å². The van der Waals surface area contributed by atoms with E-state index in [1.807, 2.05) is 12.1 Å². The number of carbonyl (C=O) groups is 4. The highest BCUT2D eigenvalue weighted by atomic mass is 79.9. The molecule has 4 amide bonds. The second-order valence-corrected chi connectivity index (χ2v) is 12.7. The molecule has 1 saturated heterocycles. The van der Waals surface area contributed by atoms with Gasteiger partial charge < -0.3 is 15.4 Å². The van der Waals surface area contributed by atoms with Crippen molar-refractivity contribution in [3.8, 4) is 5.75 Å². The van der Waals surface area contributed by atoms with Crippen molar-refractivity contribution in [2.24, 2.45) is 0 Å². The Morgan fingerprint density at radius 3 is 2.42 bits per heavy atom. The lowest BCUT2D eigenvalue weighted by Crippen LogP contribution is -2.31. The molecule has 4 aromatic rings. The molecule has 12 heteroatoms. The van der Waals surface area contributed by atoms with Crippen LogP contribution in [0, 0.1) is 0 Å². The van der Waals surface area contributed by atoms with Gasteiger partial charge in [0.25, 0.3) is 11.8 Å². The molecular weight excluding hydrogens is 701 g/mol. The molecule has 1 unspecified atom stereocenters. The fraction of sp³-hybridized carbons (Fsp3) is 0.0909. The van der Waals surface area contributed by atoms with E-state index in [0.29, 0.717) is 27.6 Å². The highest BCUT2D eigenvalue weighted by molar-refractivity contribution is 9.10. The Morgan fingerprint density at radius 1 is 0.956 bits per heavy atom. The molecule has 0 spiro atoms. The lowest BCUT2D eigenvalue weighted by Gasteiger charge is -2.16. The van der Waals surface area contributed by atoms with E-state index in [-0.39, 0.29) is 39.5 Å². The first-order valence-electron chi connectivity index (χ1n) is 13.4. The number of amides is 4. The van der Waals surface area contributed by atoms with Gasteiger partial charge in [-0.05, 0) is 72.3 Å². The van der Waals surface area contributed by atoms with Crippen LogP contribution < -0.4 is 20.3 Å². The average Bonchev–Trinajstić information content (AvgIpc) is 3.29. The third-order valence-corrected chi connectivity index (χ3v) is 8.99. The summed E-state index contributed by atoms with van der Waals surface area (Å²) in [6, 6.07) is 25.4. The molecule has 0 radical (unpaired) electrons. The summed E-state index contributed by atoms with van der Waals surface area (Å²) in [5.74, 6) is -1.41. The van der Waals surface area contributed by atoms with E-state index in [0.717, 1.165) is 9.37 Å². The van der Waals surface area contributed by atoms with Gasteiger partial charge in [-0.3, -0.25) is 19.2 Å². The van der Waals surface area contributed by atoms with Crippen LogP contribution in [-0.4, -0.2) is 36.0 Å². The summed E-state index contributed by atoms with van der Waals surface area (Å²) < 4.78 is 6.02. The molecule has 0 bridgehead atoms. The lowest BCUT2D eigenvalue weighted by atomic mass is 10.1. The Kier molecular flexibility index (Phi) is 10.3. The Hall–Kier alpha value is -4.09. The van der Waals surface area contributed by atoms with E-state index in [1.165, 1.54) is 24.9 Å². The predicted octanol–water partition coefficient (Wildman–Crippen LogP) is 7.60. The Bertz CT molecular complexity index is 1830. The zero-order valence-electron chi connectivity index (χ0n) is 23.6. The molecule has 5 rings (SSSR count). The summed E-state index contributed by atoms with van der Waals surface area (Å²) in [5.41, 5.74) is 1.68. The number of thioether (sulfide) groups is 1. The Balaban J connectivity index is 1.33. The van der Waals surface area contributed by atoms with Crippen molar-refractivity contribution in [2.45, 2.75) is 16.6 Å². The van der Waals surface area contributed by atoms with Gasteiger partial charge in [0.15, 0.2) is 0 Å². The molecule has 8 nitrogen and oxygen atoms in total. The summed E-state index contributed by atoms with van der Waals surface area (Å²) in [5, 5.41) is 5.35. The van der Waals surface area contributed by atoms with Crippen molar-refractivity contribution in [3.63, 3.8) is 0 Å². The zero-order valence-corrected chi connectivity index (χ0v) is 27.5. The molecule has 2 N–H and O–H groups in total. The average molecular weight is 725 g/mol. The molecule has 228 valence electrons. The number of hydrogen-bond donors (Lipinski definition) is 2. The molecule has 0 aliphatic carbocycles. The number of methoxy groups -OCH3 is 1. The maximum atomic E-state index is 13.5. The first-order chi connectivity index (χ1) is 21.6. The van der Waals surface area contributed by atoms with Crippen molar-refractivity contribution >= 4 is 92.0 Å².